The number of alkyl halides is 1. The van der Waals surface area contributed by atoms with Crippen molar-refractivity contribution in [3.8, 4) is 0 Å². The van der Waals surface area contributed by atoms with Crippen molar-refractivity contribution in [3.63, 3.8) is 0 Å². The zero-order valence-corrected chi connectivity index (χ0v) is 13.0. The summed E-state index contributed by atoms with van der Waals surface area (Å²) < 4.78 is 27.4. The summed E-state index contributed by atoms with van der Waals surface area (Å²) in [4.78, 5) is 0. The zero-order chi connectivity index (χ0) is 12.8. The molecular formula is C10H23BrN2O2S. The third kappa shape index (κ3) is 4.69. The van der Waals surface area contributed by atoms with Crippen LogP contribution in [0, 0.1) is 0 Å². The van der Waals surface area contributed by atoms with E-state index in [1.807, 2.05) is 13.8 Å². The molecule has 16 heavy (non-hydrogen) atoms. The molecule has 98 valence electrons. The minimum Gasteiger partial charge on any atom is -0.195 e. The highest BCUT2D eigenvalue weighted by Gasteiger charge is 2.27. The van der Waals surface area contributed by atoms with Gasteiger partial charge in [-0.1, -0.05) is 29.3 Å². The molecule has 0 amide bonds. The van der Waals surface area contributed by atoms with Crippen molar-refractivity contribution < 1.29 is 8.42 Å². The van der Waals surface area contributed by atoms with Crippen LogP contribution in [0.1, 0.15) is 33.6 Å². The molecule has 0 saturated heterocycles. The highest BCUT2D eigenvalue weighted by Crippen LogP contribution is 2.11. The van der Waals surface area contributed by atoms with Crippen molar-refractivity contribution in [1.82, 2.24) is 8.61 Å². The molecule has 0 rings (SSSR count). The van der Waals surface area contributed by atoms with Gasteiger partial charge in [0.15, 0.2) is 0 Å². The van der Waals surface area contributed by atoms with Crippen LogP contribution < -0.4 is 0 Å². The molecule has 0 aliphatic heterocycles. The van der Waals surface area contributed by atoms with E-state index in [1.165, 1.54) is 4.31 Å². The van der Waals surface area contributed by atoms with Gasteiger partial charge >= 0.3 is 0 Å². The minimum absolute atomic E-state index is 0.00977. The molecule has 0 aromatic rings. The fraction of sp³-hybridized carbons (Fsp3) is 1.00. The Kier molecular flexibility index (Phi) is 7.80. The van der Waals surface area contributed by atoms with Crippen LogP contribution in [0.3, 0.4) is 0 Å². The summed E-state index contributed by atoms with van der Waals surface area (Å²) in [5.41, 5.74) is 0. The largest absolute Gasteiger partial charge is 0.281 e. The first kappa shape index (κ1) is 16.4. The van der Waals surface area contributed by atoms with E-state index >= 15 is 0 Å². The van der Waals surface area contributed by atoms with E-state index in [0.717, 1.165) is 12.8 Å². The second-order valence-corrected chi connectivity index (χ2v) is 6.84. The minimum atomic E-state index is -3.30. The summed E-state index contributed by atoms with van der Waals surface area (Å²) >= 11 is 3.30. The second-order valence-electron chi connectivity index (χ2n) is 4.06. The van der Waals surface area contributed by atoms with Gasteiger partial charge in [-0.25, -0.2) is 0 Å². The van der Waals surface area contributed by atoms with Crippen molar-refractivity contribution in [1.29, 1.82) is 0 Å². The third-order valence-corrected chi connectivity index (χ3v) is 5.03. The molecule has 0 fully saturated rings. The fourth-order valence-electron chi connectivity index (χ4n) is 1.22. The first-order valence-electron chi connectivity index (χ1n) is 5.67. The van der Waals surface area contributed by atoms with Crippen LogP contribution in [0.25, 0.3) is 0 Å². The molecule has 6 heteroatoms. The molecule has 0 aromatic heterocycles. The summed E-state index contributed by atoms with van der Waals surface area (Å²) in [5.74, 6) is 0. The molecular weight excluding hydrogens is 292 g/mol. The van der Waals surface area contributed by atoms with Crippen molar-refractivity contribution in [2.75, 3.05) is 25.5 Å². The predicted molar refractivity (Wildman–Crippen MR) is 72.1 cm³/mol. The third-order valence-electron chi connectivity index (χ3n) is 2.51. The van der Waals surface area contributed by atoms with Gasteiger partial charge < -0.3 is 0 Å². The first-order chi connectivity index (χ1) is 7.37. The Hall–Kier alpha value is 0.350. The molecule has 0 heterocycles. The van der Waals surface area contributed by atoms with Crippen molar-refractivity contribution in [2.45, 2.75) is 39.7 Å². The van der Waals surface area contributed by atoms with E-state index in [2.05, 4.69) is 22.9 Å². The molecule has 0 aliphatic rings. The Bertz CT molecular complexity index is 281. The molecule has 0 spiro atoms. The van der Waals surface area contributed by atoms with Gasteiger partial charge in [0, 0.05) is 31.5 Å². The molecule has 0 aliphatic carbocycles. The van der Waals surface area contributed by atoms with Crippen molar-refractivity contribution in [2.24, 2.45) is 0 Å². The standard InChI is InChI=1S/C10H23BrN2O2S/c1-5-6-8-13(9-7-11)16(14,15)12(4)10(2)3/h10H,5-9H2,1-4H3. The Morgan fingerprint density at radius 3 is 2.19 bits per heavy atom. The van der Waals surface area contributed by atoms with Gasteiger partial charge in [-0.05, 0) is 20.3 Å². The summed E-state index contributed by atoms with van der Waals surface area (Å²) in [6.07, 6.45) is 1.90. The lowest BCUT2D eigenvalue weighted by molar-refractivity contribution is 0.339. The number of hydrogen-bond acceptors (Lipinski definition) is 2. The van der Waals surface area contributed by atoms with Crippen LogP contribution in [0.5, 0.6) is 0 Å². The Labute approximate surface area is 108 Å². The smallest absolute Gasteiger partial charge is 0.195 e. The molecule has 0 aromatic carbocycles. The summed E-state index contributed by atoms with van der Waals surface area (Å²) in [6, 6.07) is -0.00977. The summed E-state index contributed by atoms with van der Waals surface area (Å²) in [5, 5.41) is 0.669. The van der Waals surface area contributed by atoms with Crippen LogP contribution in [-0.2, 0) is 10.2 Å². The van der Waals surface area contributed by atoms with E-state index in [0.29, 0.717) is 18.4 Å². The van der Waals surface area contributed by atoms with Gasteiger partial charge in [-0.2, -0.15) is 17.0 Å². The normalized spacial score (nSPS) is 13.0. The monoisotopic (exact) mass is 314 g/mol. The number of hydrogen-bond donors (Lipinski definition) is 0. The van der Waals surface area contributed by atoms with Gasteiger partial charge in [0.2, 0.25) is 0 Å². The maximum atomic E-state index is 12.2. The fourth-order valence-corrected chi connectivity index (χ4v) is 3.46. The van der Waals surface area contributed by atoms with E-state index in [-0.39, 0.29) is 6.04 Å². The zero-order valence-electron chi connectivity index (χ0n) is 10.6. The summed E-state index contributed by atoms with van der Waals surface area (Å²) in [6.45, 7) is 6.94. The maximum absolute atomic E-state index is 12.2. The molecule has 0 N–H and O–H groups in total. The summed E-state index contributed by atoms with van der Waals surface area (Å²) in [7, 11) is -1.67. The molecule has 0 bridgehead atoms. The Balaban J connectivity index is 4.74. The van der Waals surface area contributed by atoms with Gasteiger partial charge in [-0.15, -0.1) is 0 Å². The Morgan fingerprint density at radius 2 is 1.81 bits per heavy atom. The van der Waals surface area contributed by atoms with Crippen LogP contribution in [-0.4, -0.2) is 48.5 Å². The SMILES string of the molecule is CCCCN(CCBr)S(=O)(=O)N(C)C(C)C. The van der Waals surface area contributed by atoms with E-state index < -0.39 is 10.2 Å². The number of nitrogens with zero attached hydrogens (tertiary/aromatic N) is 2. The van der Waals surface area contributed by atoms with Gasteiger partial charge in [0.1, 0.15) is 0 Å². The predicted octanol–water partition coefficient (Wildman–Crippen LogP) is 2.07. The number of unbranched alkanes of at least 4 members (excludes halogenated alkanes) is 1. The number of halogens is 1. The molecule has 0 unspecified atom stereocenters. The number of rotatable bonds is 8. The topological polar surface area (TPSA) is 40.6 Å². The van der Waals surface area contributed by atoms with Crippen LogP contribution in [0.15, 0.2) is 0 Å². The lowest BCUT2D eigenvalue weighted by atomic mass is 10.3. The second kappa shape index (κ2) is 7.63. The van der Waals surface area contributed by atoms with Crippen molar-refractivity contribution in [3.05, 3.63) is 0 Å². The molecule has 0 saturated carbocycles. The maximum Gasteiger partial charge on any atom is 0.281 e. The van der Waals surface area contributed by atoms with Crippen LogP contribution in [0.2, 0.25) is 0 Å². The highest BCUT2D eigenvalue weighted by molar-refractivity contribution is 9.09. The average Bonchev–Trinajstić information content (AvgIpc) is 2.22. The average molecular weight is 315 g/mol. The van der Waals surface area contributed by atoms with E-state index in [1.54, 1.807) is 11.4 Å². The lowest BCUT2D eigenvalue weighted by Gasteiger charge is -2.29. The van der Waals surface area contributed by atoms with Crippen molar-refractivity contribution >= 4 is 26.1 Å². The Morgan fingerprint density at radius 1 is 1.25 bits per heavy atom. The van der Waals surface area contributed by atoms with Crippen LogP contribution in [0.4, 0.5) is 0 Å². The molecule has 4 nitrogen and oxygen atoms in total. The lowest BCUT2D eigenvalue weighted by Crippen LogP contribution is -2.45. The van der Waals surface area contributed by atoms with E-state index in [9.17, 15) is 8.42 Å². The van der Waals surface area contributed by atoms with Gasteiger partial charge in [0.05, 0.1) is 0 Å². The van der Waals surface area contributed by atoms with E-state index in [4.69, 9.17) is 0 Å². The van der Waals surface area contributed by atoms with Gasteiger partial charge in [-0.3, -0.25) is 0 Å². The highest BCUT2D eigenvalue weighted by atomic mass is 79.9. The quantitative estimate of drug-likeness (QED) is 0.643. The van der Waals surface area contributed by atoms with Gasteiger partial charge in [0.25, 0.3) is 10.2 Å². The molecule has 0 radical (unpaired) electrons. The van der Waals surface area contributed by atoms with Crippen LogP contribution >= 0.6 is 15.9 Å². The molecule has 0 atom stereocenters. The first-order valence-corrected chi connectivity index (χ1v) is 8.18.